The second kappa shape index (κ2) is 6.45. The molecule has 118 valence electrons. The van der Waals surface area contributed by atoms with E-state index in [2.05, 4.69) is 10.1 Å². The van der Waals surface area contributed by atoms with Gasteiger partial charge < -0.3 is 16.2 Å². The molecule has 0 fully saturated rings. The monoisotopic (exact) mass is 311 g/mol. The van der Waals surface area contributed by atoms with Crippen LogP contribution < -0.4 is 11.5 Å². The molecule has 0 bridgehead atoms. The second-order valence-corrected chi connectivity index (χ2v) is 5.15. The molecular formula is C16H17N5O2. The number of benzene rings is 1. The van der Waals surface area contributed by atoms with Crippen LogP contribution in [0.2, 0.25) is 0 Å². The molecule has 23 heavy (non-hydrogen) atoms. The van der Waals surface area contributed by atoms with Crippen molar-refractivity contribution in [1.29, 1.82) is 0 Å². The zero-order valence-electron chi connectivity index (χ0n) is 12.5. The average molecular weight is 311 g/mol. The van der Waals surface area contributed by atoms with Crippen molar-refractivity contribution in [2.24, 2.45) is 5.73 Å². The summed E-state index contributed by atoms with van der Waals surface area (Å²) < 4.78 is 6.93. The van der Waals surface area contributed by atoms with E-state index < -0.39 is 5.91 Å². The van der Waals surface area contributed by atoms with Crippen LogP contribution in [-0.2, 0) is 16.1 Å². The highest BCUT2D eigenvalue weighted by Crippen LogP contribution is 2.24. The summed E-state index contributed by atoms with van der Waals surface area (Å²) in [4.78, 5) is 14.6. The Balaban J connectivity index is 1.77. The zero-order valence-corrected chi connectivity index (χ0v) is 12.5. The van der Waals surface area contributed by atoms with Gasteiger partial charge >= 0.3 is 0 Å². The molecule has 1 amide bonds. The van der Waals surface area contributed by atoms with Crippen LogP contribution in [0.1, 0.15) is 0 Å². The van der Waals surface area contributed by atoms with Crippen molar-refractivity contribution in [1.82, 2.24) is 14.8 Å². The minimum absolute atomic E-state index is 0.0750. The van der Waals surface area contributed by atoms with Crippen LogP contribution in [0.25, 0.3) is 22.0 Å². The molecule has 4 N–H and O–H groups in total. The number of carbonyl (C=O) groups is 1. The van der Waals surface area contributed by atoms with E-state index in [-0.39, 0.29) is 6.61 Å². The van der Waals surface area contributed by atoms with E-state index in [1.807, 2.05) is 36.5 Å². The van der Waals surface area contributed by atoms with Gasteiger partial charge in [0.2, 0.25) is 5.91 Å². The summed E-state index contributed by atoms with van der Waals surface area (Å²) in [6.45, 7) is 0.860. The van der Waals surface area contributed by atoms with Crippen molar-refractivity contribution in [2.45, 2.75) is 6.54 Å². The molecule has 3 aromatic rings. The van der Waals surface area contributed by atoms with Crippen molar-refractivity contribution >= 4 is 22.6 Å². The molecule has 0 aliphatic rings. The number of primary amides is 1. The molecule has 0 aliphatic carbocycles. The quantitative estimate of drug-likeness (QED) is 0.664. The molecule has 2 heterocycles. The lowest BCUT2D eigenvalue weighted by atomic mass is 10.1. The standard InChI is InChI=1S/C16H17N5O2/c17-15-8-12(3-4-19-15)11-1-2-13-9-21(20-14(13)7-11)5-6-23-10-16(18)22/h1-4,7-9H,5-6,10H2,(H2,17,19)(H2,18,22). The van der Waals surface area contributed by atoms with Gasteiger partial charge in [0.25, 0.3) is 0 Å². The summed E-state index contributed by atoms with van der Waals surface area (Å²) in [5.41, 5.74) is 13.7. The molecule has 0 atom stereocenters. The van der Waals surface area contributed by atoms with E-state index in [0.717, 1.165) is 22.0 Å². The lowest BCUT2D eigenvalue weighted by Gasteiger charge is -2.02. The Morgan fingerprint density at radius 1 is 1.22 bits per heavy atom. The number of pyridine rings is 1. The molecular weight excluding hydrogens is 294 g/mol. The van der Waals surface area contributed by atoms with Crippen LogP contribution in [0.3, 0.4) is 0 Å². The number of hydrogen-bond acceptors (Lipinski definition) is 5. The number of nitrogens with zero attached hydrogens (tertiary/aromatic N) is 3. The van der Waals surface area contributed by atoms with Gasteiger partial charge in [-0.05, 0) is 29.3 Å². The Labute approximate surface area is 132 Å². The highest BCUT2D eigenvalue weighted by atomic mass is 16.5. The van der Waals surface area contributed by atoms with Gasteiger partial charge in [0.15, 0.2) is 0 Å². The molecule has 1 aromatic carbocycles. The molecule has 0 radical (unpaired) electrons. The number of aromatic nitrogens is 3. The van der Waals surface area contributed by atoms with Gasteiger partial charge in [0.1, 0.15) is 12.4 Å². The Bertz CT molecular complexity index is 843. The summed E-state index contributed by atoms with van der Waals surface area (Å²) in [5.74, 6) is 0.0108. The lowest BCUT2D eigenvalue weighted by Crippen LogP contribution is -2.19. The molecule has 0 spiro atoms. The first-order valence-electron chi connectivity index (χ1n) is 7.17. The summed E-state index contributed by atoms with van der Waals surface area (Å²) >= 11 is 0. The molecule has 0 saturated heterocycles. The van der Waals surface area contributed by atoms with Crippen molar-refractivity contribution in [2.75, 3.05) is 18.9 Å². The average Bonchev–Trinajstić information content (AvgIpc) is 2.93. The van der Waals surface area contributed by atoms with Crippen LogP contribution in [0, 0.1) is 0 Å². The Morgan fingerprint density at radius 3 is 2.83 bits per heavy atom. The molecule has 0 unspecified atom stereocenters. The number of ether oxygens (including phenoxy) is 1. The molecule has 7 nitrogen and oxygen atoms in total. The Kier molecular flexibility index (Phi) is 4.20. The fourth-order valence-electron chi connectivity index (χ4n) is 2.32. The van der Waals surface area contributed by atoms with Crippen molar-refractivity contribution in [3.05, 3.63) is 42.7 Å². The van der Waals surface area contributed by atoms with E-state index in [4.69, 9.17) is 16.2 Å². The van der Waals surface area contributed by atoms with Crippen LogP contribution in [0.15, 0.2) is 42.7 Å². The number of rotatable bonds is 6. The third kappa shape index (κ3) is 3.64. The second-order valence-electron chi connectivity index (χ2n) is 5.15. The molecule has 0 saturated carbocycles. The maximum atomic E-state index is 10.6. The van der Waals surface area contributed by atoms with Crippen LogP contribution in [0.5, 0.6) is 0 Å². The van der Waals surface area contributed by atoms with Gasteiger partial charge in [-0.1, -0.05) is 12.1 Å². The van der Waals surface area contributed by atoms with Gasteiger partial charge in [0, 0.05) is 17.8 Å². The van der Waals surface area contributed by atoms with Crippen molar-refractivity contribution < 1.29 is 9.53 Å². The van der Waals surface area contributed by atoms with E-state index in [1.165, 1.54) is 0 Å². The normalized spacial score (nSPS) is 11.0. The fraction of sp³-hybridized carbons (Fsp3) is 0.188. The topological polar surface area (TPSA) is 109 Å². The number of carbonyl (C=O) groups excluding carboxylic acids is 1. The summed E-state index contributed by atoms with van der Waals surface area (Å²) in [6, 6.07) is 9.77. The van der Waals surface area contributed by atoms with Crippen LogP contribution in [-0.4, -0.2) is 33.9 Å². The summed E-state index contributed by atoms with van der Waals surface area (Å²) in [6.07, 6.45) is 3.62. The molecule has 7 heteroatoms. The molecule has 2 aromatic heterocycles. The van der Waals surface area contributed by atoms with E-state index in [0.29, 0.717) is 19.0 Å². The lowest BCUT2D eigenvalue weighted by molar-refractivity contribution is -0.122. The third-order valence-corrected chi connectivity index (χ3v) is 3.38. The fourth-order valence-corrected chi connectivity index (χ4v) is 2.32. The number of hydrogen-bond donors (Lipinski definition) is 2. The number of nitrogen functional groups attached to an aromatic ring is 1. The third-order valence-electron chi connectivity index (χ3n) is 3.38. The minimum Gasteiger partial charge on any atom is -0.384 e. The Morgan fingerprint density at radius 2 is 2.04 bits per heavy atom. The number of anilines is 1. The minimum atomic E-state index is -0.475. The van der Waals surface area contributed by atoms with Crippen LogP contribution >= 0.6 is 0 Å². The number of fused-ring (bicyclic) bond motifs is 1. The van der Waals surface area contributed by atoms with Gasteiger partial charge in [-0.2, -0.15) is 5.10 Å². The van der Waals surface area contributed by atoms with Crippen LogP contribution in [0.4, 0.5) is 5.82 Å². The first-order valence-corrected chi connectivity index (χ1v) is 7.17. The predicted molar refractivity (Wildman–Crippen MR) is 87.4 cm³/mol. The van der Waals surface area contributed by atoms with E-state index in [1.54, 1.807) is 10.9 Å². The van der Waals surface area contributed by atoms with Crippen molar-refractivity contribution in [3.8, 4) is 11.1 Å². The highest BCUT2D eigenvalue weighted by molar-refractivity contribution is 5.84. The van der Waals surface area contributed by atoms with Gasteiger partial charge in [-0.25, -0.2) is 4.98 Å². The predicted octanol–water partition coefficient (Wildman–Crippen LogP) is 1.18. The SMILES string of the molecule is NC(=O)COCCn1cc2ccc(-c3ccnc(N)c3)cc2n1. The highest BCUT2D eigenvalue weighted by Gasteiger charge is 2.05. The smallest absolute Gasteiger partial charge is 0.243 e. The zero-order chi connectivity index (χ0) is 16.2. The molecule has 0 aliphatic heterocycles. The summed E-state index contributed by atoms with van der Waals surface area (Å²) in [7, 11) is 0. The van der Waals surface area contributed by atoms with Gasteiger partial charge in [0.05, 0.1) is 18.7 Å². The Hall–Kier alpha value is -2.93. The first kappa shape index (κ1) is 15.0. The number of nitrogens with two attached hydrogens (primary N) is 2. The van der Waals surface area contributed by atoms with Gasteiger partial charge in [-0.3, -0.25) is 9.48 Å². The van der Waals surface area contributed by atoms with Gasteiger partial charge in [-0.15, -0.1) is 0 Å². The maximum absolute atomic E-state index is 10.6. The largest absolute Gasteiger partial charge is 0.384 e. The maximum Gasteiger partial charge on any atom is 0.243 e. The molecule has 3 rings (SSSR count). The number of amides is 1. The van der Waals surface area contributed by atoms with Crippen molar-refractivity contribution in [3.63, 3.8) is 0 Å². The summed E-state index contributed by atoms with van der Waals surface area (Å²) in [5, 5.41) is 5.54. The van der Waals surface area contributed by atoms with E-state index in [9.17, 15) is 4.79 Å². The first-order chi connectivity index (χ1) is 11.1. The van der Waals surface area contributed by atoms with E-state index >= 15 is 0 Å².